The lowest BCUT2D eigenvalue weighted by atomic mass is 10.1. The normalized spacial score (nSPS) is 10.3. The Kier molecular flexibility index (Phi) is 6.70. The number of rotatable bonds is 7. The molecule has 19 heavy (non-hydrogen) atoms. The first-order chi connectivity index (χ1) is 9.04. The highest BCUT2D eigenvalue weighted by Crippen LogP contribution is 2.18. The summed E-state index contributed by atoms with van der Waals surface area (Å²) < 4.78 is 18.2. The monoisotopic (exact) mass is 330 g/mol. The first kappa shape index (κ1) is 15.8. The van der Waals surface area contributed by atoms with Crippen LogP contribution in [0.1, 0.15) is 43.0 Å². The third-order valence-corrected chi connectivity index (χ3v) is 3.17. The molecule has 104 valence electrons. The van der Waals surface area contributed by atoms with Crippen molar-refractivity contribution in [1.29, 1.82) is 0 Å². The van der Waals surface area contributed by atoms with Crippen LogP contribution >= 0.6 is 15.9 Å². The minimum Gasteiger partial charge on any atom is -0.466 e. The second-order valence-corrected chi connectivity index (χ2v) is 4.98. The second kappa shape index (κ2) is 8.04. The predicted octanol–water partition coefficient (Wildman–Crippen LogP) is 3.89. The smallest absolute Gasteiger partial charge is 0.306 e. The summed E-state index contributed by atoms with van der Waals surface area (Å²) in [5.74, 6) is -0.994. The van der Waals surface area contributed by atoms with Crippen LogP contribution in [0.3, 0.4) is 0 Å². The van der Waals surface area contributed by atoms with Gasteiger partial charge < -0.3 is 4.74 Å². The zero-order valence-corrected chi connectivity index (χ0v) is 12.3. The van der Waals surface area contributed by atoms with Gasteiger partial charge in [-0.1, -0.05) is 13.3 Å². The molecule has 0 fully saturated rings. The minimum atomic E-state index is -0.421. The number of ketones is 1. The highest BCUT2D eigenvalue weighted by Gasteiger charge is 2.11. The van der Waals surface area contributed by atoms with Crippen molar-refractivity contribution in [1.82, 2.24) is 0 Å². The number of benzene rings is 1. The molecule has 1 rings (SSSR count). The van der Waals surface area contributed by atoms with Crippen molar-refractivity contribution in [3.05, 3.63) is 34.1 Å². The third-order valence-electron chi connectivity index (χ3n) is 2.56. The van der Waals surface area contributed by atoms with Gasteiger partial charge in [-0.05, 0) is 40.5 Å². The van der Waals surface area contributed by atoms with Gasteiger partial charge in [0.2, 0.25) is 0 Å². The van der Waals surface area contributed by atoms with Crippen molar-refractivity contribution in [2.75, 3.05) is 6.61 Å². The van der Waals surface area contributed by atoms with Crippen LogP contribution in [0.2, 0.25) is 0 Å². The van der Waals surface area contributed by atoms with Gasteiger partial charge in [-0.3, -0.25) is 9.59 Å². The van der Waals surface area contributed by atoms with Gasteiger partial charge in [0.1, 0.15) is 5.82 Å². The lowest BCUT2D eigenvalue weighted by Crippen LogP contribution is -2.09. The topological polar surface area (TPSA) is 43.4 Å². The zero-order valence-electron chi connectivity index (χ0n) is 10.7. The fraction of sp³-hybridized carbons (Fsp3) is 0.429. The van der Waals surface area contributed by atoms with Crippen molar-refractivity contribution >= 4 is 27.7 Å². The molecule has 0 aromatic heterocycles. The zero-order chi connectivity index (χ0) is 14.3. The Morgan fingerprint density at radius 2 is 2.05 bits per heavy atom. The molecule has 0 aliphatic heterocycles. The van der Waals surface area contributed by atoms with Crippen LogP contribution in [0.4, 0.5) is 4.39 Å². The standard InChI is InChI=1S/C14H16BrFO3/c1-2-3-8-19-14(18)7-6-13(17)10-4-5-12(16)11(15)9-10/h4-5,9H,2-3,6-8H2,1H3. The van der Waals surface area contributed by atoms with Crippen LogP contribution < -0.4 is 0 Å². The van der Waals surface area contributed by atoms with Crippen LogP contribution in [0.25, 0.3) is 0 Å². The first-order valence-electron chi connectivity index (χ1n) is 6.18. The number of hydrogen-bond donors (Lipinski definition) is 0. The Bertz CT molecular complexity index is 460. The highest BCUT2D eigenvalue weighted by atomic mass is 79.9. The second-order valence-electron chi connectivity index (χ2n) is 4.13. The predicted molar refractivity (Wildman–Crippen MR) is 73.5 cm³/mol. The van der Waals surface area contributed by atoms with Crippen molar-refractivity contribution in [3.8, 4) is 0 Å². The van der Waals surface area contributed by atoms with Gasteiger partial charge >= 0.3 is 5.97 Å². The maximum absolute atomic E-state index is 13.0. The summed E-state index contributed by atoms with van der Waals surface area (Å²) in [5, 5.41) is 0. The van der Waals surface area contributed by atoms with Crippen molar-refractivity contribution in [2.45, 2.75) is 32.6 Å². The molecule has 3 nitrogen and oxygen atoms in total. The van der Waals surface area contributed by atoms with E-state index in [1.54, 1.807) is 0 Å². The highest BCUT2D eigenvalue weighted by molar-refractivity contribution is 9.10. The molecule has 0 atom stereocenters. The van der Waals surface area contributed by atoms with Gasteiger partial charge in [-0.25, -0.2) is 4.39 Å². The molecular weight excluding hydrogens is 315 g/mol. The Morgan fingerprint density at radius 3 is 2.68 bits per heavy atom. The number of Topliss-reactive ketones (excluding diaryl/α,β-unsaturated/α-hetero) is 1. The average molecular weight is 331 g/mol. The van der Waals surface area contributed by atoms with E-state index in [1.165, 1.54) is 18.2 Å². The molecular formula is C14H16BrFO3. The minimum absolute atomic E-state index is 0.0531. The summed E-state index contributed by atoms with van der Waals surface area (Å²) in [7, 11) is 0. The van der Waals surface area contributed by atoms with E-state index in [0.29, 0.717) is 12.2 Å². The third kappa shape index (κ3) is 5.51. The molecule has 0 saturated heterocycles. The van der Waals surface area contributed by atoms with E-state index < -0.39 is 5.82 Å². The number of carbonyl (C=O) groups is 2. The van der Waals surface area contributed by atoms with Gasteiger partial charge in [0.25, 0.3) is 0 Å². The fourth-order valence-electron chi connectivity index (χ4n) is 1.43. The van der Waals surface area contributed by atoms with Crippen molar-refractivity contribution in [2.24, 2.45) is 0 Å². The van der Waals surface area contributed by atoms with Gasteiger partial charge in [0.15, 0.2) is 5.78 Å². The summed E-state index contributed by atoms with van der Waals surface area (Å²) >= 11 is 3.02. The summed E-state index contributed by atoms with van der Waals surface area (Å²) in [6.07, 6.45) is 1.90. The van der Waals surface area contributed by atoms with Crippen molar-refractivity contribution < 1.29 is 18.7 Å². The number of halogens is 2. The quantitative estimate of drug-likeness (QED) is 0.432. The van der Waals surface area contributed by atoms with E-state index in [0.717, 1.165) is 12.8 Å². The molecule has 1 aromatic rings. The number of esters is 1. The first-order valence-corrected chi connectivity index (χ1v) is 6.97. The Hall–Kier alpha value is -1.23. The van der Waals surface area contributed by atoms with Crippen LogP contribution in [0.15, 0.2) is 22.7 Å². The molecule has 0 unspecified atom stereocenters. The number of carbonyl (C=O) groups excluding carboxylic acids is 2. The van der Waals surface area contributed by atoms with Crippen LogP contribution in [0.5, 0.6) is 0 Å². The molecule has 1 aromatic carbocycles. The lowest BCUT2D eigenvalue weighted by molar-refractivity contribution is -0.143. The largest absolute Gasteiger partial charge is 0.466 e. The summed E-state index contributed by atoms with van der Waals surface area (Å²) in [5.41, 5.74) is 0.384. The van der Waals surface area contributed by atoms with Crippen molar-refractivity contribution in [3.63, 3.8) is 0 Å². The summed E-state index contributed by atoms with van der Waals surface area (Å²) in [4.78, 5) is 23.1. The van der Waals surface area contributed by atoms with Gasteiger partial charge in [0.05, 0.1) is 17.5 Å². The Labute approximate surface area is 120 Å². The molecule has 0 aliphatic rings. The van der Waals surface area contributed by atoms with E-state index in [9.17, 15) is 14.0 Å². The summed E-state index contributed by atoms with van der Waals surface area (Å²) in [6.45, 7) is 2.40. The van der Waals surface area contributed by atoms with E-state index >= 15 is 0 Å². The number of hydrogen-bond acceptors (Lipinski definition) is 3. The van der Waals surface area contributed by atoms with Crippen LogP contribution in [-0.2, 0) is 9.53 Å². The maximum Gasteiger partial charge on any atom is 0.306 e. The Balaban J connectivity index is 2.42. The van der Waals surface area contributed by atoms with E-state index in [2.05, 4.69) is 15.9 Å². The fourth-order valence-corrected chi connectivity index (χ4v) is 1.81. The molecule has 0 heterocycles. The SMILES string of the molecule is CCCCOC(=O)CCC(=O)c1ccc(F)c(Br)c1. The van der Waals surface area contributed by atoms with Crippen LogP contribution in [-0.4, -0.2) is 18.4 Å². The maximum atomic E-state index is 13.0. The van der Waals surface area contributed by atoms with E-state index in [4.69, 9.17) is 4.74 Å². The van der Waals surface area contributed by atoms with Gasteiger partial charge in [0, 0.05) is 12.0 Å². The molecule has 0 radical (unpaired) electrons. The van der Waals surface area contributed by atoms with Crippen LogP contribution in [0, 0.1) is 5.82 Å². The number of unbranched alkanes of at least 4 members (excludes halogenated alkanes) is 1. The van der Waals surface area contributed by atoms with Gasteiger partial charge in [-0.2, -0.15) is 0 Å². The van der Waals surface area contributed by atoms with E-state index in [1.807, 2.05) is 6.92 Å². The molecule has 0 N–H and O–H groups in total. The molecule has 0 saturated carbocycles. The molecule has 5 heteroatoms. The average Bonchev–Trinajstić information content (AvgIpc) is 2.39. The summed E-state index contributed by atoms with van der Waals surface area (Å²) in [6, 6.07) is 4.04. The molecule has 0 bridgehead atoms. The van der Waals surface area contributed by atoms with Gasteiger partial charge in [-0.15, -0.1) is 0 Å². The van der Waals surface area contributed by atoms with E-state index in [-0.39, 0.29) is 29.1 Å². The molecule has 0 amide bonds. The molecule has 0 aliphatic carbocycles. The molecule has 0 spiro atoms. The lowest BCUT2D eigenvalue weighted by Gasteiger charge is -2.04. The Morgan fingerprint density at radius 1 is 1.32 bits per heavy atom. The number of ether oxygens (including phenoxy) is 1.